The van der Waals surface area contributed by atoms with Crippen molar-refractivity contribution in [2.45, 2.75) is 12.1 Å². The number of benzene rings is 1. The van der Waals surface area contributed by atoms with Crippen LogP contribution < -0.4 is 16.4 Å². The molecule has 0 aliphatic carbocycles. The number of nitrogens with two attached hydrogens (primary N) is 1. The van der Waals surface area contributed by atoms with Gasteiger partial charge in [0, 0.05) is 30.9 Å². The predicted molar refractivity (Wildman–Crippen MR) is 71.0 cm³/mol. The molecule has 1 unspecified atom stereocenters. The monoisotopic (exact) mass is 269 g/mol. The van der Waals surface area contributed by atoms with Crippen LogP contribution in [-0.2, 0) is 4.74 Å². The van der Waals surface area contributed by atoms with Crippen LogP contribution in [0.2, 0.25) is 5.02 Å². The average Bonchev–Trinajstić information content (AvgIpc) is 2.78. The molecule has 1 aromatic carbocycles. The number of rotatable bonds is 4. The number of nitrogens with one attached hydrogen (secondary N) is 2. The molecule has 18 heavy (non-hydrogen) atoms. The first kappa shape index (κ1) is 13.1. The summed E-state index contributed by atoms with van der Waals surface area (Å²) in [5, 5.41) is 6.98. The Morgan fingerprint density at radius 3 is 3.00 bits per heavy atom. The number of hydrogen-bond acceptors (Lipinski definition) is 4. The van der Waals surface area contributed by atoms with Gasteiger partial charge in [-0.2, -0.15) is 0 Å². The number of anilines is 1. The summed E-state index contributed by atoms with van der Waals surface area (Å²) in [4.78, 5) is 11.4. The van der Waals surface area contributed by atoms with Gasteiger partial charge in [-0.15, -0.1) is 0 Å². The second-order valence-electron chi connectivity index (χ2n) is 4.24. The van der Waals surface area contributed by atoms with Crippen molar-refractivity contribution in [1.82, 2.24) is 5.32 Å². The van der Waals surface area contributed by atoms with Crippen LogP contribution in [0.15, 0.2) is 18.2 Å². The topological polar surface area (TPSA) is 76.4 Å². The Bertz CT molecular complexity index is 453. The zero-order valence-corrected chi connectivity index (χ0v) is 10.8. The van der Waals surface area contributed by atoms with Crippen molar-refractivity contribution in [2.75, 3.05) is 25.5 Å². The third-order valence-corrected chi connectivity index (χ3v) is 3.28. The molecule has 6 heteroatoms. The maximum Gasteiger partial charge on any atom is 0.250 e. The second-order valence-corrected chi connectivity index (χ2v) is 4.67. The standard InChI is InChI=1S/C12H16ClN3O2/c1-18-11-6-15-5-10(11)16-9-3-2-7(13)4-8(9)12(14)17/h2-4,10-11,15-16H,5-6H2,1H3,(H2,14,17)/t10?,11-/m0/s1. The van der Waals surface area contributed by atoms with Crippen LogP contribution in [0.4, 0.5) is 5.69 Å². The maximum atomic E-state index is 11.4. The Kier molecular flexibility index (Phi) is 4.06. The highest BCUT2D eigenvalue weighted by Crippen LogP contribution is 2.22. The molecular weight excluding hydrogens is 254 g/mol. The fraction of sp³-hybridized carbons (Fsp3) is 0.417. The molecule has 1 heterocycles. The van der Waals surface area contributed by atoms with E-state index in [1.807, 2.05) is 0 Å². The summed E-state index contributed by atoms with van der Waals surface area (Å²) in [5.41, 5.74) is 6.42. The van der Waals surface area contributed by atoms with E-state index in [0.29, 0.717) is 16.3 Å². The van der Waals surface area contributed by atoms with Crippen LogP contribution in [0.1, 0.15) is 10.4 Å². The molecule has 98 valence electrons. The smallest absolute Gasteiger partial charge is 0.250 e. The first-order valence-electron chi connectivity index (χ1n) is 5.71. The van der Waals surface area contributed by atoms with E-state index in [4.69, 9.17) is 22.1 Å². The van der Waals surface area contributed by atoms with Crippen LogP contribution in [0, 0.1) is 0 Å². The summed E-state index contributed by atoms with van der Waals surface area (Å²) < 4.78 is 5.35. The van der Waals surface area contributed by atoms with Crippen molar-refractivity contribution in [3.8, 4) is 0 Å². The molecular formula is C12H16ClN3O2. The van der Waals surface area contributed by atoms with Gasteiger partial charge >= 0.3 is 0 Å². The van der Waals surface area contributed by atoms with Crippen molar-refractivity contribution < 1.29 is 9.53 Å². The van der Waals surface area contributed by atoms with Crippen LogP contribution in [0.25, 0.3) is 0 Å². The van der Waals surface area contributed by atoms with Crippen molar-refractivity contribution >= 4 is 23.2 Å². The zero-order chi connectivity index (χ0) is 13.1. The van der Waals surface area contributed by atoms with Gasteiger partial charge in [-0.3, -0.25) is 4.79 Å². The molecule has 2 rings (SSSR count). The van der Waals surface area contributed by atoms with Gasteiger partial charge in [0.1, 0.15) is 0 Å². The minimum absolute atomic E-state index is 0.0707. The SMILES string of the molecule is CO[C@H]1CNCC1Nc1ccc(Cl)cc1C(N)=O. The lowest BCUT2D eigenvalue weighted by atomic mass is 10.1. The molecule has 0 radical (unpaired) electrons. The number of hydrogen-bond donors (Lipinski definition) is 3. The Morgan fingerprint density at radius 1 is 1.56 bits per heavy atom. The largest absolute Gasteiger partial charge is 0.378 e. The number of carbonyl (C=O) groups excluding carboxylic acids is 1. The molecule has 4 N–H and O–H groups in total. The summed E-state index contributed by atoms with van der Waals surface area (Å²) in [6, 6.07) is 5.15. The molecule has 1 amide bonds. The third-order valence-electron chi connectivity index (χ3n) is 3.05. The summed E-state index contributed by atoms with van der Waals surface area (Å²) in [6.07, 6.45) is 0.0707. The highest BCUT2D eigenvalue weighted by molar-refractivity contribution is 6.31. The van der Waals surface area contributed by atoms with Gasteiger partial charge in [-0.25, -0.2) is 0 Å². The van der Waals surface area contributed by atoms with Crippen LogP contribution >= 0.6 is 11.6 Å². The minimum atomic E-state index is -0.500. The number of methoxy groups -OCH3 is 1. The van der Waals surface area contributed by atoms with Gasteiger partial charge in [0.2, 0.25) is 0 Å². The molecule has 0 saturated carbocycles. The molecule has 1 fully saturated rings. The summed E-state index contributed by atoms with van der Waals surface area (Å²) >= 11 is 5.86. The molecule has 0 aromatic heterocycles. The zero-order valence-electron chi connectivity index (χ0n) is 10.1. The lowest BCUT2D eigenvalue weighted by Gasteiger charge is -2.21. The molecule has 5 nitrogen and oxygen atoms in total. The molecule has 0 bridgehead atoms. The summed E-state index contributed by atoms with van der Waals surface area (Å²) in [7, 11) is 1.67. The molecule has 1 saturated heterocycles. The predicted octanol–water partition coefficient (Wildman–Crippen LogP) is 0.838. The van der Waals surface area contributed by atoms with Crippen LogP contribution in [0.3, 0.4) is 0 Å². The maximum absolute atomic E-state index is 11.4. The van der Waals surface area contributed by atoms with Gasteiger partial charge in [0.05, 0.1) is 17.7 Å². The van der Waals surface area contributed by atoms with E-state index < -0.39 is 5.91 Å². The van der Waals surface area contributed by atoms with E-state index in [2.05, 4.69) is 10.6 Å². The van der Waals surface area contributed by atoms with E-state index in [0.717, 1.165) is 13.1 Å². The van der Waals surface area contributed by atoms with Crippen LogP contribution in [-0.4, -0.2) is 38.3 Å². The highest BCUT2D eigenvalue weighted by Gasteiger charge is 2.27. The van der Waals surface area contributed by atoms with Gasteiger partial charge in [-0.05, 0) is 18.2 Å². The Labute approximate surface area is 111 Å². The van der Waals surface area contributed by atoms with Crippen molar-refractivity contribution in [3.63, 3.8) is 0 Å². The fourth-order valence-electron chi connectivity index (χ4n) is 2.09. The number of primary amides is 1. The van der Waals surface area contributed by atoms with Gasteiger partial charge in [-0.1, -0.05) is 11.6 Å². The van der Waals surface area contributed by atoms with E-state index in [-0.39, 0.29) is 12.1 Å². The number of carbonyl (C=O) groups is 1. The quantitative estimate of drug-likeness (QED) is 0.757. The molecule has 1 aliphatic rings. The number of amides is 1. The Hall–Kier alpha value is -1.30. The van der Waals surface area contributed by atoms with Crippen molar-refractivity contribution in [1.29, 1.82) is 0 Å². The van der Waals surface area contributed by atoms with Crippen molar-refractivity contribution in [2.24, 2.45) is 5.73 Å². The number of ether oxygens (including phenoxy) is 1. The van der Waals surface area contributed by atoms with Crippen molar-refractivity contribution in [3.05, 3.63) is 28.8 Å². The molecule has 0 spiro atoms. The molecule has 1 aliphatic heterocycles. The van der Waals surface area contributed by atoms with E-state index in [9.17, 15) is 4.79 Å². The normalized spacial score (nSPS) is 23.0. The van der Waals surface area contributed by atoms with E-state index in [1.165, 1.54) is 0 Å². The second kappa shape index (κ2) is 5.56. The summed E-state index contributed by atoms with van der Waals surface area (Å²) in [5.74, 6) is -0.500. The third kappa shape index (κ3) is 2.75. The van der Waals surface area contributed by atoms with Crippen LogP contribution in [0.5, 0.6) is 0 Å². The fourth-order valence-corrected chi connectivity index (χ4v) is 2.26. The Balaban J connectivity index is 2.20. The summed E-state index contributed by atoms with van der Waals surface area (Å²) in [6.45, 7) is 1.56. The van der Waals surface area contributed by atoms with E-state index in [1.54, 1.807) is 25.3 Å². The highest BCUT2D eigenvalue weighted by atomic mass is 35.5. The first-order valence-corrected chi connectivity index (χ1v) is 6.09. The van der Waals surface area contributed by atoms with E-state index >= 15 is 0 Å². The van der Waals surface area contributed by atoms with Gasteiger partial charge < -0.3 is 21.1 Å². The minimum Gasteiger partial charge on any atom is -0.378 e. The van der Waals surface area contributed by atoms with Gasteiger partial charge in [0.25, 0.3) is 5.91 Å². The van der Waals surface area contributed by atoms with Gasteiger partial charge in [0.15, 0.2) is 0 Å². The Morgan fingerprint density at radius 2 is 2.33 bits per heavy atom. The lowest BCUT2D eigenvalue weighted by molar-refractivity contribution is 0.0999. The molecule has 2 atom stereocenters. The lowest BCUT2D eigenvalue weighted by Crippen LogP contribution is -2.34. The number of halogens is 1. The average molecular weight is 270 g/mol. The molecule has 1 aromatic rings. The first-order chi connectivity index (χ1) is 8.61.